The van der Waals surface area contributed by atoms with Gasteiger partial charge in [-0.25, -0.2) is 4.79 Å². The van der Waals surface area contributed by atoms with E-state index in [1.54, 1.807) is 4.90 Å². The Labute approximate surface area is 154 Å². The molecule has 3 N–H and O–H groups in total. The summed E-state index contributed by atoms with van der Waals surface area (Å²) in [6.45, 7) is 2.74. The summed E-state index contributed by atoms with van der Waals surface area (Å²) in [5, 5.41) is 2.94. The second-order valence-electron chi connectivity index (χ2n) is 6.84. The number of benzene rings is 2. The molecule has 1 heterocycles. The molecule has 2 aromatic carbocycles. The molecule has 1 fully saturated rings. The van der Waals surface area contributed by atoms with Gasteiger partial charge in [-0.1, -0.05) is 36.4 Å². The number of nitrogens with zero attached hydrogens (tertiary/aromatic N) is 1. The average Bonchev–Trinajstić information content (AvgIpc) is 2.63. The topological polar surface area (TPSA) is 75.4 Å². The largest absolute Gasteiger partial charge is 0.370 e. The van der Waals surface area contributed by atoms with Gasteiger partial charge in [-0.3, -0.25) is 4.79 Å². The number of urea groups is 1. The molecule has 0 saturated carbocycles. The molecule has 3 amide bonds. The molecule has 3 rings (SSSR count). The first-order valence-corrected chi connectivity index (χ1v) is 9.06. The first kappa shape index (κ1) is 18.0. The average molecular weight is 351 g/mol. The van der Waals surface area contributed by atoms with Crippen LogP contribution in [0.25, 0.3) is 11.1 Å². The summed E-state index contributed by atoms with van der Waals surface area (Å²) in [6, 6.07) is 15.8. The van der Waals surface area contributed by atoms with E-state index in [1.165, 1.54) is 11.1 Å². The van der Waals surface area contributed by atoms with Crippen molar-refractivity contribution < 1.29 is 9.59 Å². The van der Waals surface area contributed by atoms with Gasteiger partial charge in [0.25, 0.3) is 0 Å². The van der Waals surface area contributed by atoms with Gasteiger partial charge in [-0.15, -0.1) is 0 Å². The van der Waals surface area contributed by atoms with E-state index in [9.17, 15) is 9.59 Å². The molecule has 1 aliphatic heterocycles. The number of hydrogen-bond acceptors (Lipinski definition) is 2. The number of piperidine rings is 1. The predicted molar refractivity (Wildman–Crippen MR) is 104 cm³/mol. The minimum atomic E-state index is -0.364. The summed E-state index contributed by atoms with van der Waals surface area (Å²) >= 11 is 0. The lowest BCUT2D eigenvalue weighted by Crippen LogP contribution is -2.47. The predicted octanol–water partition coefficient (Wildman–Crippen LogP) is 3.92. The lowest BCUT2D eigenvalue weighted by molar-refractivity contribution is -0.119. The van der Waals surface area contributed by atoms with Crippen LogP contribution in [0.2, 0.25) is 0 Å². The maximum absolute atomic E-state index is 12.6. The molecule has 0 spiro atoms. The van der Waals surface area contributed by atoms with Gasteiger partial charge in [-0.2, -0.15) is 0 Å². The SMILES string of the molecule is Cc1ccccc1-c1ccc(NC(=O)N2CCCC[C@@H]2CC(N)=O)cc1. The Hall–Kier alpha value is -2.82. The third-order valence-electron chi connectivity index (χ3n) is 4.92. The summed E-state index contributed by atoms with van der Waals surface area (Å²) in [5.41, 5.74) is 9.59. The van der Waals surface area contributed by atoms with E-state index < -0.39 is 0 Å². The van der Waals surface area contributed by atoms with Crippen molar-refractivity contribution in [1.29, 1.82) is 0 Å². The molecule has 0 bridgehead atoms. The van der Waals surface area contributed by atoms with Crippen LogP contribution in [0.1, 0.15) is 31.2 Å². The van der Waals surface area contributed by atoms with Crippen LogP contribution >= 0.6 is 0 Å². The van der Waals surface area contributed by atoms with Crippen LogP contribution in [0.15, 0.2) is 48.5 Å². The van der Waals surface area contributed by atoms with Crippen molar-refractivity contribution in [3.63, 3.8) is 0 Å². The van der Waals surface area contributed by atoms with Crippen molar-refractivity contribution in [2.45, 2.75) is 38.6 Å². The molecule has 1 aliphatic rings. The van der Waals surface area contributed by atoms with Crippen LogP contribution in [0, 0.1) is 6.92 Å². The van der Waals surface area contributed by atoms with Crippen molar-refractivity contribution in [2.75, 3.05) is 11.9 Å². The maximum Gasteiger partial charge on any atom is 0.322 e. The Bertz CT molecular complexity index is 786. The zero-order valence-corrected chi connectivity index (χ0v) is 15.1. The normalized spacial score (nSPS) is 17.0. The Morgan fingerprint density at radius 1 is 1.12 bits per heavy atom. The number of carbonyl (C=O) groups is 2. The quantitative estimate of drug-likeness (QED) is 0.876. The first-order valence-electron chi connectivity index (χ1n) is 9.06. The van der Waals surface area contributed by atoms with E-state index >= 15 is 0 Å². The number of aryl methyl sites for hydroxylation is 1. The van der Waals surface area contributed by atoms with E-state index in [-0.39, 0.29) is 24.4 Å². The Kier molecular flexibility index (Phi) is 5.56. The molecule has 1 saturated heterocycles. The van der Waals surface area contributed by atoms with Gasteiger partial charge in [0, 0.05) is 24.7 Å². The minimum Gasteiger partial charge on any atom is -0.370 e. The van der Waals surface area contributed by atoms with Crippen molar-refractivity contribution in [3.05, 3.63) is 54.1 Å². The highest BCUT2D eigenvalue weighted by molar-refractivity contribution is 5.90. The van der Waals surface area contributed by atoms with Crippen molar-refractivity contribution in [1.82, 2.24) is 4.90 Å². The maximum atomic E-state index is 12.6. The van der Waals surface area contributed by atoms with Gasteiger partial charge in [0.1, 0.15) is 0 Å². The van der Waals surface area contributed by atoms with E-state index in [0.29, 0.717) is 6.54 Å². The summed E-state index contributed by atoms with van der Waals surface area (Å²) < 4.78 is 0. The van der Waals surface area contributed by atoms with Crippen LogP contribution in [-0.4, -0.2) is 29.4 Å². The van der Waals surface area contributed by atoms with E-state index in [1.807, 2.05) is 36.4 Å². The summed E-state index contributed by atoms with van der Waals surface area (Å²) in [7, 11) is 0. The van der Waals surface area contributed by atoms with Crippen LogP contribution in [0.3, 0.4) is 0 Å². The zero-order chi connectivity index (χ0) is 18.5. The number of nitrogens with two attached hydrogens (primary N) is 1. The summed E-state index contributed by atoms with van der Waals surface area (Å²) in [6.07, 6.45) is 3.02. The first-order chi connectivity index (χ1) is 12.5. The van der Waals surface area contributed by atoms with Crippen LogP contribution < -0.4 is 11.1 Å². The fourth-order valence-corrected chi connectivity index (χ4v) is 3.54. The standard InChI is InChI=1S/C21H25N3O2/c1-15-6-2-3-8-19(15)16-9-11-17(12-10-16)23-21(26)24-13-5-4-7-18(24)14-20(22)25/h2-3,6,8-12,18H,4-5,7,13-14H2,1H3,(H2,22,25)(H,23,26)/t18-/m1/s1. The lowest BCUT2D eigenvalue weighted by atomic mass is 9.99. The third-order valence-corrected chi connectivity index (χ3v) is 4.92. The van der Waals surface area contributed by atoms with Gasteiger partial charge in [0.05, 0.1) is 0 Å². The second-order valence-corrected chi connectivity index (χ2v) is 6.84. The van der Waals surface area contributed by atoms with Gasteiger partial charge < -0.3 is 16.0 Å². The molecule has 0 aromatic heterocycles. The monoisotopic (exact) mass is 351 g/mol. The molecule has 0 radical (unpaired) electrons. The fraction of sp³-hybridized carbons (Fsp3) is 0.333. The highest BCUT2D eigenvalue weighted by Crippen LogP contribution is 2.25. The Morgan fingerprint density at radius 3 is 2.54 bits per heavy atom. The molecule has 5 heteroatoms. The number of hydrogen-bond donors (Lipinski definition) is 2. The van der Waals surface area contributed by atoms with Gasteiger partial charge in [0.2, 0.25) is 5.91 Å². The molecule has 5 nitrogen and oxygen atoms in total. The summed E-state index contributed by atoms with van der Waals surface area (Å²) in [5.74, 6) is -0.364. The van der Waals surface area contributed by atoms with E-state index in [4.69, 9.17) is 5.73 Å². The number of nitrogens with one attached hydrogen (secondary N) is 1. The van der Waals surface area contributed by atoms with E-state index in [0.717, 1.165) is 30.5 Å². The van der Waals surface area contributed by atoms with Gasteiger partial charge >= 0.3 is 6.03 Å². The summed E-state index contributed by atoms with van der Waals surface area (Å²) in [4.78, 5) is 25.6. The molecule has 26 heavy (non-hydrogen) atoms. The number of anilines is 1. The number of primary amides is 1. The molecule has 1 atom stereocenters. The van der Waals surface area contributed by atoms with Crippen LogP contribution in [0.4, 0.5) is 10.5 Å². The van der Waals surface area contributed by atoms with Gasteiger partial charge in [0.15, 0.2) is 0 Å². The highest BCUT2D eigenvalue weighted by Gasteiger charge is 2.27. The molecule has 2 aromatic rings. The number of amides is 3. The molecule has 0 aliphatic carbocycles. The molecular weight excluding hydrogens is 326 g/mol. The third kappa shape index (κ3) is 4.23. The number of rotatable bonds is 4. The van der Waals surface area contributed by atoms with Crippen LogP contribution in [0.5, 0.6) is 0 Å². The fourth-order valence-electron chi connectivity index (χ4n) is 3.54. The lowest BCUT2D eigenvalue weighted by Gasteiger charge is -2.35. The van der Waals surface area contributed by atoms with E-state index in [2.05, 4.69) is 24.4 Å². The smallest absolute Gasteiger partial charge is 0.322 e. The minimum absolute atomic E-state index is 0.104. The molecule has 0 unspecified atom stereocenters. The number of carbonyl (C=O) groups excluding carboxylic acids is 2. The van der Waals surface area contributed by atoms with Crippen molar-refractivity contribution in [2.24, 2.45) is 5.73 Å². The number of likely N-dealkylation sites (tertiary alicyclic amines) is 1. The second kappa shape index (κ2) is 8.04. The molecule has 136 valence electrons. The van der Waals surface area contributed by atoms with Crippen molar-refractivity contribution in [3.8, 4) is 11.1 Å². The Morgan fingerprint density at radius 2 is 1.85 bits per heavy atom. The highest BCUT2D eigenvalue weighted by atomic mass is 16.2. The Balaban J connectivity index is 1.69. The van der Waals surface area contributed by atoms with Crippen LogP contribution in [-0.2, 0) is 4.79 Å². The van der Waals surface area contributed by atoms with Gasteiger partial charge in [-0.05, 0) is 55.0 Å². The van der Waals surface area contributed by atoms with Crippen molar-refractivity contribution >= 4 is 17.6 Å². The zero-order valence-electron chi connectivity index (χ0n) is 15.1. The molecular formula is C21H25N3O2.